The van der Waals surface area contributed by atoms with Crippen LogP contribution in [0.15, 0.2) is 201 Å². The first-order valence-electron chi connectivity index (χ1n) is 19.7. The second kappa shape index (κ2) is 12.9. The summed E-state index contributed by atoms with van der Waals surface area (Å²) in [7, 11) is 0. The third kappa shape index (κ3) is 5.04. The smallest absolute Gasteiger partial charge is 0.0786 e. The molecule has 0 radical (unpaired) electrons. The van der Waals surface area contributed by atoms with Gasteiger partial charge in [-0.1, -0.05) is 140 Å². The van der Waals surface area contributed by atoms with E-state index < -0.39 is 0 Å². The molecule has 0 aliphatic carbocycles. The van der Waals surface area contributed by atoms with Gasteiger partial charge in [-0.3, -0.25) is 15.0 Å². The van der Waals surface area contributed by atoms with Crippen LogP contribution in [0.1, 0.15) is 0 Å². The number of aromatic nitrogens is 3. The van der Waals surface area contributed by atoms with Gasteiger partial charge >= 0.3 is 0 Å². The van der Waals surface area contributed by atoms with Gasteiger partial charge in [-0.25, -0.2) is 0 Å². The number of fused-ring (bicyclic) bond motifs is 11. The van der Waals surface area contributed by atoms with Crippen LogP contribution in [0.3, 0.4) is 0 Å². The minimum atomic E-state index is 0.940. The summed E-state index contributed by atoms with van der Waals surface area (Å²) < 4.78 is 0. The van der Waals surface area contributed by atoms with E-state index in [-0.39, 0.29) is 0 Å². The predicted molar refractivity (Wildman–Crippen MR) is 244 cm³/mol. The first-order valence-corrected chi connectivity index (χ1v) is 19.7. The monoisotopic (exact) mass is 735 g/mol. The number of hydrogen-bond acceptors (Lipinski definition) is 3. The molecule has 0 saturated heterocycles. The standard InChI is InChI=1S/C55H33N3/c1-2-11-41-34(10-1)18-20-37-31-49(43-12-3-5-14-45(43)53(37)41)48-26-25-40(47-16-9-29-57-55(47)48)39-23-27-51(58-33-39)36-22-24-42-35(30-36)19-21-38-32-50(52-17-7-8-28-56-52)44-13-4-6-15-46(44)54(38)42/h1-33H. The average Bonchev–Trinajstić information content (AvgIpc) is 3.30. The van der Waals surface area contributed by atoms with Crippen molar-refractivity contribution >= 4 is 75.5 Å². The van der Waals surface area contributed by atoms with Crippen molar-refractivity contribution < 1.29 is 0 Å². The SMILES string of the molecule is c1ccc(-c2cc3ccc4cc(-c5ccc(-c6ccc(-c7cc8ccc9ccccc9c8c8ccccc78)c7ncccc67)cn5)ccc4c3c3ccccc23)nc1. The molecule has 0 aliphatic rings. The lowest BCUT2D eigenvalue weighted by molar-refractivity contribution is 1.33. The number of rotatable bonds is 4. The van der Waals surface area contributed by atoms with Crippen molar-refractivity contribution in [2.45, 2.75) is 0 Å². The summed E-state index contributed by atoms with van der Waals surface area (Å²) in [5.41, 5.74) is 9.63. The van der Waals surface area contributed by atoms with Crippen LogP contribution in [-0.4, -0.2) is 15.0 Å². The number of nitrogens with zero attached hydrogens (tertiary/aromatic N) is 3. The largest absolute Gasteiger partial charge is 0.256 e. The van der Waals surface area contributed by atoms with Gasteiger partial charge < -0.3 is 0 Å². The maximum Gasteiger partial charge on any atom is 0.0786 e. The molecule has 0 atom stereocenters. The summed E-state index contributed by atoms with van der Waals surface area (Å²) in [6.45, 7) is 0. The molecule has 0 spiro atoms. The maximum atomic E-state index is 5.05. The Morgan fingerprint density at radius 3 is 1.64 bits per heavy atom. The average molecular weight is 736 g/mol. The Labute approximate surface area is 334 Å². The zero-order valence-corrected chi connectivity index (χ0v) is 31.4. The van der Waals surface area contributed by atoms with E-state index in [4.69, 9.17) is 9.97 Å². The highest BCUT2D eigenvalue weighted by atomic mass is 14.7. The van der Waals surface area contributed by atoms with Crippen LogP contribution in [-0.2, 0) is 0 Å². The summed E-state index contributed by atoms with van der Waals surface area (Å²) >= 11 is 0. The fourth-order valence-corrected chi connectivity index (χ4v) is 9.30. The predicted octanol–water partition coefficient (Wildman–Crippen LogP) is 14.6. The second-order valence-electron chi connectivity index (χ2n) is 15.1. The van der Waals surface area contributed by atoms with Crippen LogP contribution in [0.2, 0.25) is 0 Å². The molecule has 0 saturated carbocycles. The van der Waals surface area contributed by atoms with Gasteiger partial charge in [0.05, 0.1) is 16.9 Å². The minimum Gasteiger partial charge on any atom is -0.256 e. The molecule has 0 fully saturated rings. The fourth-order valence-electron chi connectivity index (χ4n) is 9.30. The molecule has 3 heterocycles. The maximum absolute atomic E-state index is 5.05. The second-order valence-corrected chi connectivity index (χ2v) is 15.1. The first kappa shape index (κ1) is 32.5. The van der Waals surface area contributed by atoms with Crippen LogP contribution >= 0.6 is 0 Å². The molecule has 0 amide bonds. The molecule has 0 N–H and O–H groups in total. The van der Waals surface area contributed by atoms with Gasteiger partial charge in [-0.15, -0.1) is 0 Å². The molecule has 12 rings (SSSR count). The number of hydrogen-bond donors (Lipinski definition) is 0. The van der Waals surface area contributed by atoms with E-state index in [0.29, 0.717) is 0 Å². The van der Waals surface area contributed by atoms with Gasteiger partial charge in [0.2, 0.25) is 0 Å². The highest BCUT2D eigenvalue weighted by molar-refractivity contribution is 6.25. The Balaban J connectivity index is 0.941. The van der Waals surface area contributed by atoms with E-state index in [1.165, 1.54) is 70.2 Å². The van der Waals surface area contributed by atoms with Gasteiger partial charge in [-0.2, -0.15) is 0 Å². The summed E-state index contributed by atoms with van der Waals surface area (Å²) in [5.74, 6) is 0. The van der Waals surface area contributed by atoms with Crippen LogP contribution < -0.4 is 0 Å². The van der Waals surface area contributed by atoms with Gasteiger partial charge in [0.15, 0.2) is 0 Å². The van der Waals surface area contributed by atoms with Crippen LogP contribution in [0, 0.1) is 0 Å². The lowest BCUT2D eigenvalue weighted by Crippen LogP contribution is -1.92. The van der Waals surface area contributed by atoms with Crippen molar-refractivity contribution in [3.8, 4) is 44.8 Å². The molecule has 12 aromatic rings. The lowest BCUT2D eigenvalue weighted by Gasteiger charge is -2.16. The third-order valence-electron chi connectivity index (χ3n) is 12.0. The van der Waals surface area contributed by atoms with E-state index in [1.54, 1.807) is 0 Å². The van der Waals surface area contributed by atoms with Crippen molar-refractivity contribution in [3.63, 3.8) is 0 Å². The molecular formula is C55H33N3. The Hall–Kier alpha value is -7.75. The van der Waals surface area contributed by atoms with Crippen molar-refractivity contribution in [2.75, 3.05) is 0 Å². The number of pyridine rings is 3. The fraction of sp³-hybridized carbons (Fsp3) is 0. The van der Waals surface area contributed by atoms with Crippen molar-refractivity contribution in [1.29, 1.82) is 0 Å². The summed E-state index contributed by atoms with van der Waals surface area (Å²) in [4.78, 5) is 14.7. The zero-order valence-electron chi connectivity index (χ0n) is 31.4. The molecular weight excluding hydrogens is 703 g/mol. The molecule has 58 heavy (non-hydrogen) atoms. The quantitative estimate of drug-likeness (QED) is 0.169. The zero-order chi connectivity index (χ0) is 38.2. The minimum absolute atomic E-state index is 0.940. The highest BCUT2D eigenvalue weighted by Crippen LogP contribution is 2.43. The van der Waals surface area contributed by atoms with Gasteiger partial charge in [0, 0.05) is 46.2 Å². The van der Waals surface area contributed by atoms with Gasteiger partial charge in [0.25, 0.3) is 0 Å². The van der Waals surface area contributed by atoms with E-state index in [9.17, 15) is 0 Å². The molecule has 0 unspecified atom stereocenters. The molecule has 0 bridgehead atoms. The van der Waals surface area contributed by atoms with Crippen LogP contribution in [0.5, 0.6) is 0 Å². The summed E-state index contributed by atoms with van der Waals surface area (Å²) in [6.07, 6.45) is 5.77. The first-order chi connectivity index (χ1) is 28.8. The van der Waals surface area contributed by atoms with E-state index >= 15 is 0 Å². The number of benzene rings is 9. The Morgan fingerprint density at radius 1 is 0.276 bits per heavy atom. The van der Waals surface area contributed by atoms with Crippen molar-refractivity contribution in [1.82, 2.24) is 15.0 Å². The van der Waals surface area contributed by atoms with E-state index in [1.807, 2.05) is 30.7 Å². The van der Waals surface area contributed by atoms with Crippen molar-refractivity contribution in [2.24, 2.45) is 0 Å². The Morgan fingerprint density at radius 2 is 0.879 bits per heavy atom. The lowest BCUT2D eigenvalue weighted by atomic mass is 9.89. The van der Waals surface area contributed by atoms with Crippen LogP contribution in [0.25, 0.3) is 120 Å². The van der Waals surface area contributed by atoms with Crippen molar-refractivity contribution in [3.05, 3.63) is 201 Å². The molecule has 0 aliphatic heterocycles. The Bertz CT molecular complexity index is 3610. The van der Waals surface area contributed by atoms with Crippen LogP contribution in [0.4, 0.5) is 0 Å². The summed E-state index contributed by atoms with van der Waals surface area (Å²) in [6, 6.07) is 65.6. The third-order valence-corrected chi connectivity index (χ3v) is 12.0. The van der Waals surface area contributed by atoms with E-state index in [0.717, 1.165) is 50.1 Å². The normalized spacial score (nSPS) is 11.8. The van der Waals surface area contributed by atoms with Gasteiger partial charge in [-0.05, 0) is 118 Å². The van der Waals surface area contributed by atoms with E-state index in [2.05, 4.69) is 175 Å². The molecule has 268 valence electrons. The Kier molecular flexibility index (Phi) is 7.23. The summed E-state index contributed by atoms with van der Waals surface area (Å²) in [5, 5.41) is 16.0. The molecule has 3 aromatic heterocycles. The molecule has 9 aromatic carbocycles. The highest BCUT2D eigenvalue weighted by Gasteiger charge is 2.17. The molecule has 3 heteroatoms. The molecule has 3 nitrogen and oxygen atoms in total. The van der Waals surface area contributed by atoms with Gasteiger partial charge in [0.1, 0.15) is 0 Å². The topological polar surface area (TPSA) is 38.7 Å².